The van der Waals surface area contributed by atoms with Crippen molar-refractivity contribution >= 4 is 56.0 Å². The highest BCUT2D eigenvalue weighted by atomic mass is 35.5. The van der Waals surface area contributed by atoms with Gasteiger partial charge in [0.1, 0.15) is 28.1 Å². The molecule has 0 spiro atoms. The summed E-state index contributed by atoms with van der Waals surface area (Å²) in [6, 6.07) is 11.2. The summed E-state index contributed by atoms with van der Waals surface area (Å²) in [6.45, 7) is 0.177. The van der Waals surface area contributed by atoms with E-state index < -0.39 is 28.8 Å². The van der Waals surface area contributed by atoms with Crippen LogP contribution in [0.4, 0.5) is 14.6 Å². The lowest BCUT2D eigenvalue weighted by Gasteiger charge is -2.37. The molecule has 42 heavy (non-hydrogen) atoms. The third-order valence-corrected chi connectivity index (χ3v) is 9.65. The Bertz CT molecular complexity index is 1630. The van der Waals surface area contributed by atoms with Crippen LogP contribution < -0.4 is 14.8 Å². The summed E-state index contributed by atoms with van der Waals surface area (Å²) in [5.41, 5.74) is 2.27. The van der Waals surface area contributed by atoms with Crippen molar-refractivity contribution in [2.45, 2.75) is 44.3 Å². The largest absolute Gasteiger partial charge is 0.496 e. The number of rotatable bonds is 9. The Balaban J connectivity index is 1.52. The Labute approximate surface area is 253 Å². The van der Waals surface area contributed by atoms with Crippen LogP contribution in [-0.2, 0) is 17.8 Å². The van der Waals surface area contributed by atoms with Crippen LogP contribution in [0, 0.1) is 11.6 Å². The first-order chi connectivity index (χ1) is 20.2. The first-order valence-electron chi connectivity index (χ1n) is 13.2. The second kappa shape index (κ2) is 13.0. The second-order valence-corrected chi connectivity index (χ2v) is 12.1. The van der Waals surface area contributed by atoms with Gasteiger partial charge in [-0.15, -0.1) is 11.3 Å². The average molecular weight is 635 g/mol. The number of benzene rings is 2. The number of pyridine rings is 1. The topological polar surface area (TPSA) is 104 Å². The molecule has 0 saturated heterocycles. The summed E-state index contributed by atoms with van der Waals surface area (Å²) in [4.78, 5) is 20.2. The van der Waals surface area contributed by atoms with E-state index in [4.69, 9.17) is 20.9 Å². The average Bonchev–Trinajstić information content (AvgIpc) is 3.35. The Kier molecular flexibility index (Phi) is 9.38. The van der Waals surface area contributed by atoms with E-state index in [1.807, 2.05) is 19.2 Å². The number of hydrogen-bond acceptors (Lipinski definition) is 6. The Morgan fingerprint density at radius 3 is 2.48 bits per heavy atom. The van der Waals surface area contributed by atoms with Crippen molar-refractivity contribution in [1.82, 2.24) is 15.2 Å². The molecule has 3 N–H and O–H groups in total. The number of carbonyl (C=O) groups excluding carboxylic acids is 1. The number of amides is 1. The monoisotopic (exact) mass is 634 g/mol. The van der Waals surface area contributed by atoms with Crippen molar-refractivity contribution in [3.63, 3.8) is 0 Å². The van der Waals surface area contributed by atoms with Crippen molar-refractivity contribution in [3.8, 4) is 16.9 Å². The molecular formula is C29H29ClF2N4O4S2. The Morgan fingerprint density at radius 1 is 1.14 bits per heavy atom. The van der Waals surface area contributed by atoms with Gasteiger partial charge in [0.15, 0.2) is 0 Å². The van der Waals surface area contributed by atoms with Crippen LogP contribution in [0.1, 0.15) is 40.9 Å². The third kappa shape index (κ3) is 6.28. The molecule has 1 atom stereocenters. The first kappa shape index (κ1) is 30.3. The van der Waals surface area contributed by atoms with Crippen molar-refractivity contribution < 1.29 is 27.1 Å². The fraction of sp³-hybridized carbons (Fsp3) is 0.310. The molecule has 1 unspecified atom stereocenters. The lowest BCUT2D eigenvalue weighted by molar-refractivity contribution is 0.0604. The smallest absolute Gasteiger partial charge is 0.266 e. The molecule has 2 heterocycles. The zero-order valence-electron chi connectivity index (χ0n) is 22.8. The number of thiophene rings is 1. The van der Waals surface area contributed by atoms with Gasteiger partial charge in [0.25, 0.3) is 17.2 Å². The first-order valence-corrected chi connectivity index (χ1v) is 15.5. The van der Waals surface area contributed by atoms with Crippen molar-refractivity contribution in [3.05, 3.63) is 75.8 Å². The van der Waals surface area contributed by atoms with Crippen LogP contribution in [0.15, 0.2) is 48.7 Å². The number of carbonyl (C=O) groups is 1. The van der Waals surface area contributed by atoms with E-state index in [2.05, 4.69) is 15.0 Å². The number of aromatic nitrogens is 1. The molecule has 0 radical (unpaired) electrons. The number of halogens is 3. The molecule has 8 nitrogen and oxygen atoms in total. The van der Waals surface area contributed by atoms with E-state index in [1.165, 1.54) is 0 Å². The Hall–Kier alpha value is -3.16. The summed E-state index contributed by atoms with van der Waals surface area (Å²) < 4.78 is 57.3. The van der Waals surface area contributed by atoms with Gasteiger partial charge in [0.2, 0.25) is 0 Å². The quantitative estimate of drug-likeness (QED) is 0.179. The zero-order valence-corrected chi connectivity index (χ0v) is 25.2. The molecule has 0 bridgehead atoms. The number of hydrogen-bond donors (Lipinski definition) is 3. The number of ether oxygens (including phenoxy) is 1. The standard InChI is InChI=1S/C29H29ClF2N4O4S2/c1-33-19-5-7-20(8-6-19)36(29(37)28-26(30)25-21(31)9-10-22(32)27(25)41-28)15-18-13-16(3-11-23(18)40-2)17-4-12-24(34-14-17)35-42(38)39/h3-4,9-14,19-20,33H,5-8,15H2,1-2H3,(H,34,35)(H,38,39). The van der Waals surface area contributed by atoms with Gasteiger partial charge in [0, 0.05) is 36.0 Å². The minimum Gasteiger partial charge on any atom is -0.496 e. The fourth-order valence-corrected chi connectivity index (χ4v) is 7.19. The van der Waals surface area contributed by atoms with Gasteiger partial charge in [0.05, 0.1) is 22.2 Å². The van der Waals surface area contributed by atoms with Crippen molar-refractivity contribution in [2.75, 3.05) is 18.9 Å². The van der Waals surface area contributed by atoms with E-state index in [0.29, 0.717) is 11.8 Å². The van der Waals surface area contributed by atoms with Crippen LogP contribution in [0.2, 0.25) is 5.02 Å². The highest BCUT2D eigenvalue weighted by molar-refractivity contribution is 7.80. The minimum atomic E-state index is -2.24. The highest BCUT2D eigenvalue weighted by Gasteiger charge is 2.33. The molecular weight excluding hydrogens is 606 g/mol. The number of nitrogens with one attached hydrogen (secondary N) is 2. The van der Waals surface area contributed by atoms with Gasteiger partial charge >= 0.3 is 0 Å². The van der Waals surface area contributed by atoms with Crippen LogP contribution >= 0.6 is 22.9 Å². The van der Waals surface area contributed by atoms with Gasteiger partial charge in [-0.2, -0.15) is 0 Å². The van der Waals surface area contributed by atoms with Crippen molar-refractivity contribution in [2.24, 2.45) is 0 Å². The zero-order chi connectivity index (χ0) is 30.0. The molecule has 222 valence electrons. The second-order valence-electron chi connectivity index (χ2n) is 10.0. The molecule has 2 aromatic heterocycles. The molecule has 1 aliphatic rings. The van der Waals surface area contributed by atoms with E-state index >= 15 is 0 Å². The van der Waals surface area contributed by atoms with Crippen LogP contribution in [0.25, 0.3) is 21.2 Å². The summed E-state index contributed by atoms with van der Waals surface area (Å²) in [7, 11) is 3.47. The Morgan fingerprint density at radius 2 is 1.86 bits per heavy atom. The van der Waals surface area contributed by atoms with Crippen molar-refractivity contribution in [1.29, 1.82) is 0 Å². The minimum absolute atomic E-state index is 0.0113. The molecule has 1 fully saturated rings. The maximum atomic E-state index is 14.7. The van der Waals surface area contributed by atoms with E-state index in [0.717, 1.165) is 65.8 Å². The maximum absolute atomic E-state index is 14.7. The van der Waals surface area contributed by atoms with E-state index in [9.17, 15) is 17.8 Å². The van der Waals surface area contributed by atoms with Crippen LogP contribution in [0.5, 0.6) is 5.75 Å². The van der Waals surface area contributed by atoms with E-state index in [-0.39, 0.29) is 38.4 Å². The fourth-order valence-electron chi connectivity index (χ4n) is 5.39. The van der Waals surface area contributed by atoms with Crippen LogP contribution in [0.3, 0.4) is 0 Å². The van der Waals surface area contributed by atoms with Crippen LogP contribution in [-0.4, -0.2) is 50.8 Å². The molecule has 5 rings (SSSR count). The number of nitrogens with zero attached hydrogens (tertiary/aromatic N) is 2. The van der Waals surface area contributed by atoms with Gasteiger partial charge in [-0.3, -0.25) is 14.1 Å². The summed E-state index contributed by atoms with van der Waals surface area (Å²) in [5, 5.41) is 3.13. The number of methoxy groups -OCH3 is 1. The lowest BCUT2D eigenvalue weighted by Crippen LogP contribution is -2.44. The van der Waals surface area contributed by atoms with Gasteiger partial charge in [-0.25, -0.2) is 18.0 Å². The predicted molar refractivity (Wildman–Crippen MR) is 162 cm³/mol. The molecule has 1 saturated carbocycles. The molecule has 13 heteroatoms. The number of anilines is 1. The summed E-state index contributed by atoms with van der Waals surface area (Å²) in [6.07, 6.45) is 4.80. The third-order valence-electron chi connectivity index (χ3n) is 7.59. The normalized spacial score (nSPS) is 17.7. The highest BCUT2D eigenvalue weighted by Crippen LogP contribution is 2.40. The molecule has 1 aliphatic carbocycles. The SMILES string of the molecule is CNC1CCC(N(Cc2cc(-c3ccc(NS(=O)O)nc3)ccc2OC)C(=O)c2sc3c(F)ccc(F)c3c2Cl)CC1. The molecule has 1 amide bonds. The maximum Gasteiger partial charge on any atom is 0.266 e. The molecule has 0 aliphatic heterocycles. The van der Waals surface area contributed by atoms with Gasteiger partial charge in [-0.1, -0.05) is 17.7 Å². The van der Waals surface area contributed by atoms with Gasteiger partial charge in [-0.05, 0) is 74.7 Å². The summed E-state index contributed by atoms with van der Waals surface area (Å²) >= 11 is 5.17. The summed E-state index contributed by atoms with van der Waals surface area (Å²) in [5.74, 6) is -0.887. The predicted octanol–water partition coefficient (Wildman–Crippen LogP) is 6.63. The number of fused-ring (bicyclic) bond motifs is 1. The van der Waals surface area contributed by atoms with E-state index in [1.54, 1.807) is 36.4 Å². The van der Waals surface area contributed by atoms with Gasteiger partial charge < -0.3 is 15.0 Å². The molecule has 4 aromatic rings. The molecule has 2 aromatic carbocycles. The lowest BCUT2D eigenvalue weighted by atomic mass is 9.89.